The van der Waals surface area contributed by atoms with Gasteiger partial charge in [0.05, 0.1) is 6.07 Å². The Kier molecular flexibility index (Phi) is 3.07. The van der Waals surface area contributed by atoms with E-state index in [4.69, 9.17) is 5.26 Å². The summed E-state index contributed by atoms with van der Waals surface area (Å²) in [6.07, 6.45) is 0.915. The Hall–Kier alpha value is -0.590. The topological polar surface area (TPSA) is 47.9 Å². The molecular weight excluding hydrogens is 150 g/mol. The number of nitriles is 1. The second-order valence-corrected chi connectivity index (χ2v) is 3.47. The van der Waals surface area contributed by atoms with Crippen molar-refractivity contribution in [2.24, 2.45) is 5.92 Å². The van der Waals surface area contributed by atoms with Crippen LogP contribution in [-0.4, -0.2) is 25.2 Å². The maximum atomic E-state index is 9.10. The predicted octanol–water partition coefficient (Wildman–Crippen LogP) is 0.488. The molecule has 0 aromatic carbocycles. The molecule has 3 nitrogen and oxygen atoms in total. The summed E-state index contributed by atoms with van der Waals surface area (Å²) in [6, 6.07) is 2.42. The lowest BCUT2D eigenvalue weighted by Gasteiger charge is -2.37. The van der Waals surface area contributed by atoms with E-state index in [2.05, 4.69) is 23.6 Å². The van der Waals surface area contributed by atoms with Gasteiger partial charge < -0.3 is 5.32 Å². The van der Waals surface area contributed by atoms with E-state index in [1.54, 1.807) is 0 Å². The lowest BCUT2D eigenvalue weighted by molar-refractivity contribution is 0.231. The summed E-state index contributed by atoms with van der Waals surface area (Å²) >= 11 is 0. The molecule has 12 heavy (non-hydrogen) atoms. The fraction of sp³-hybridized carbons (Fsp3) is 0.889. The van der Waals surface area contributed by atoms with Crippen molar-refractivity contribution < 1.29 is 0 Å². The smallest absolute Gasteiger partial charge is 0.111 e. The van der Waals surface area contributed by atoms with Gasteiger partial charge in [-0.25, -0.2) is 0 Å². The van der Waals surface area contributed by atoms with Gasteiger partial charge in [-0.1, -0.05) is 13.8 Å². The SMILES string of the molecule is CCNC1(C#N)CCNCC1C. The van der Waals surface area contributed by atoms with Gasteiger partial charge >= 0.3 is 0 Å². The molecule has 68 valence electrons. The zero-order valence-electron chi connectivity index (χ0n) is 7.85. The van der Waals surface area contributed by atoms with Crippen LogP contribution >= 0.6 is 0 Å². The highest BCUT2D eigenvalue weighted by Crippen LogP contribution is 2.22. The molecule has 0 aromatic heterocycles. The molecule has 0 saturated carbocycles. The van der Waals surface area contributed by atoms with E-state index < -0.39 is 0 Å². The van der Waals surface area contributed by atoms with E-state index >= 15 is 0 Å². The number of nitrogens with zero attached hydrogens (tertiary/aromatic N) is 1. The van der Waals surface area contributed by atoms with Gasteiger partial charge in [0.1, 0.15) is 5.54 Å². The highest BCUT2D eigenvalue weighted by molar-refractivity contribution is 5.12. The van der Waals surface area contributed by atoms with Crippen LogP contribution in [-0.2, 0) is 0 Å². The Labute approximate surface area is 74.1 Å². The van der Waals surface area contributed by atoms with Crippen molar-refractivity contribution in [1.82, 2.24) is 10.6 Å². The first-order chi connectivity index (χ1) is 5.75. The summed E-state index contributed by atoms with van der Waals surface area (Å²) in [4.78, 5) is 0. The van der Waals surface area contributed by atoms with Crippen LogP contribution in [0.5, 0.6) is 0 Å². The van der Waals surface area contributed by atoms with Crippen LogP contribution in [0.2, 0.25) is 0 Å². The van der Waals surface area contributed by atoms with E-state index in [-0.39, 0.29) is 5.54 Å². The van der Waals surface area contributed by atoms with E-state index in [1.807, 2.05) is 6.92 Å². The van der Waals surface area contributed by atoms with Crippen molar-refractivity contribution in [1.29, 1.82) is 5.26 Å². The van der Waals surface area contributed by atoms with Gasteiger partial charge in [0.15, 0.2) is 0 Å². The summed E-state index contributed by atoms with van der Waals surface area (Å²) in [5.74, 6) is 0.399. The third kappa shape index (κ3) is 1.60. The quantitative estimate of drug-likeness (QED) is 0.629. The highest BCUT2D eigenvalue weighted by atomic mass is 15.0. The highest BCUT2D eigenvalue weighted by Gasteiger charge is 2.37. The Balaban J connectivity index is 2.68. The number of hydrogen-bond donors (Lipinski definition) is 2. The average molecular weight is 167 g/mol. The van der Waals surface area contributed by atoms with Crippen LogP contribution in [0.4, 0.5) is 0 Å². The average Bonchev–Trinajstić information content (AvgIpc) is 2.10. The number of rotatable bonds is 2. The van der Waals surface area contributed by atoms with Crippen molar-refractivity contribution in [2.75, 3.05) is 19.6 Å². The van der Waals surface area contributed by atoms with Gasteiger partial charge in [-0.3, -0.25) is 5.32 Å². The minimum absolute atomic E-state index is 0.278. The molecule has 1 aliphatic rings. The molecular formula is C9H17N3. The van der Waals surface area contributed by atoms with Crippen molar-refractivity contribution in [3.05, 3.63) is 0 Å². The Morgan fingerprint density at radius 3 is 3.00 bits per heavy atom. The molecule has 0 spiro atoms. The molecule has 3 heteroatoms. The molecule has 0 radical (unpaired) electrons. The first-order valence-electron chi connectivity index (χ1n) is 4.62. The van der Waals surface area contributed by atoms with E-state index in [9.17, 15) is 0 Å². The van der Waals surface area contributed by atoms with Gasteiger partial charge in [0, 0.05) is 12.5 Å². The monoisotopic (exact) mass is 167 g/mol. The molecule has 0 aliphatic carbocycles. The molecule has 1 rings (SSSR count). The molecule has 2 atom stereocenters. The predicted molar refractivity (Wildman–Crippen MR) is 48.7 cm³/mol. The molecule has 0 bridgehead atoms. The van der Waals surface area contributed by atoms with Crippen LogP contribution in [0.15, 0.2) is 0 Å². The summed E-state index contributed by atoms with van der Waals surface area (Å²) in [6.45, 7) is 6.94. The number of nitrogens with one attached hydrogen (secondary N) is 2. The molecule has 1 aliphatic heterocycles. The third-order valence-electron chi connectivity index (χ3n) is 2.68. The summed E-state index contributed by atoms with van der Waals surface area (Å²) < 4.78 is 0. The maximum Gasteiger partial charge on any atom is 0.111 e. The molecule has 1 heterocycles. The second-order valence-electron chi connectivity index (χ2n) is 3.47. The van der Waals surface area contributed by atoms with Crippen LogP contribution in [0.3, 0.4) is 0 Å². The summed E-state index contributed by atoms with van der Waals surface area (Å²) in [5.41, 5.74) is -0.278. The first-order valence-corrected chi connectivity index (χ1v) is 4.62. The Morgan fingerprint density at radius 1 is 1.75 bits per heavy atom. The molecule has 0 aromatic rings. The molecule has 1 fully saturated rings. The molecule has 2 unspecified atom stereocenters. The molecule has 0 amide bonds. The molecule has 2 N–H and O–H groups in total. The minimum atomic E-state index is -0.278. The summed E-state index contributed by atoms with van der Waals surface area (Å²) in [5, 5.41) is 15.7. The van der Waals surface area contributed by atoms with Crippen molar-refractivity contribution in [2.45, 2.75) is 25.8 Å². The number of piperidine rings is 1. The van der Waals surface area contributed by atoms with E-state index in [0.29, 0.717) is 5.92 Å². The van der Waals surface area contributed by atoms with Gasteiger partial charge in [-0.05, 0) is 19.5 Å². The molecule has 1 saturated heterocycles. The van der Waals surface area contributed by atoms with Crippen molar-refractivity contribution in [3.8, 4) is 6.07 Å². The van der Waals surface area contributed by atoms with Crippen molar-refractivity contribution in [3.63, 3.8) is 0 Å². The Morgan fingerprint density at radius 2 is 2.50 bits per heavy atom. The number of hydrogen-bond acceptors (Lipinski definition) is 3. The fourth-order valence-electron chi connectivity index (χ4n) is 1.81. The van der Waals surface area contributed by atoms with Gasteiger partial charge in [-0.15, -0.1) is 0 Å². The van der Waals surface area contributed by atoms with Crippen LogP contribution in [0.1, 0.15) is 20.3 Å². The van der Waals surface area contributed by atoms with Gasteiger partial charge in [0.25, 0.3) is 0 Å². The van der Waals surface area contributed by atoms with Gasteiger partial charge in [0.2, 0.25) is 0 Å². The van der Waals surface area contributed by atoms with Gasteiger partial charge in [-0.2, -0.15) is 5.26 Å². The standard InChI is InChI=1S/C9H17N3/c1-3-12-9(7-10)4-5-11-6-8(9)2/h8,11-12H,3-6H2,1-2H3. The third-order valence-corrected chi connectivity index (χ3v) is 2.68. The largest absolute Gasteiger partial charge is 0.316 e. The minimum Gasteiger partial charge on any atom is -0.316 e. The first kappa shape index (κ1) is 9.50. The van der Waals surface area contributed by atoms with Crippen LogP contribution in [0, 0.1) is 17.2 Å². The zero-order valence-corrected chi connectivity index (χ0v) is 7.85. The van der Waals surface area contributed by atoms with Crippen LogP contribution in [0.25, 0.3) is 0 Å². The normalized spacial score (nSPS) is 35.9. The van der Waals surface area contributed by atoms with Crippen molar-refractivity contribution >= 4 is 0 Å². The fourth-order valence-corrected chi connectivity index (χ4v) is 1.81. The maximum absolute atomic E-state index is 9.10. The lowest BCUT2D eigenvalue weighted by Crippen LogP contribution is -2.57. The summed E-state index contributed by atoms with van der Waals surface area (Å²) in [7, 11) is 0. The van der Waals surface area contributed by atoms with E-state index in [0.717, 1.165) is 26.1 Å². The second kappa shape index (κ2) is 3.88. The Bertz CT molecular complexity index is 181. The lowest BCUT2D eigenvalue weighted by atomic mass is 9.81. The van der Waals surface area contributed by atoms with Crippen LogP contribution < -0.4 is 10.6 Å². The van der Waals surface area contributed by atoms with E-state index in [1.165, 1.54) is 0 Å². The zero-order chi connectivity index (χ0) is 9.03.